The third-order valence-electron chi connectivity index (χ3n) is 2.72. The van der Waals surface area contributed by atoms with Crippen LogP contribution in [0, 0.1) is 0 Å². The van der Waals surface area contributed by atoms with E-state index in [9.17, 15) is 9.59 Å². The minimum absolute atomic E-state index is 0.0538. The fourth-order valence-corrected chi connectivity index (χ4v) is 1.73. The maximum atomic E-state index is 11.9. The van der Waals surface area contributed by atoms with E-state index in [2.05, 4.69) is 10.6 Å². The Balaban J connectivity index is 2.73. The van der Waals surface area contributed by atoms with Crippen molar-refractivity contribution in [3.63, 3.8) is 0 Å². The molecule has 116 valence electrons. The summed E-state index contributed by atoms with van der Waals surface area (Å²) in [5.74, 6) is -0.0538. The van der Waals surface area contributed by atoms with Crippen LogP contribution in [0.3, 0.4) is 0 Å². The summed E-state index contributed by atoms with van der Waals surface area (Å²) in [7, 11) is 0. The van der Waals surface area contributed by atoms with Gasteiger partial charge in [-0.3, -0.25) is 4.79 Å². The topological polar surface area (TPSA) is 67.4 Å². The van der Waals surface area contributed by atoms with Crippen LogP contribution in [0.5, 0.6) is 0 Å². The SMILES string of the molecule is CCC(=O)NC[C@H](NC(=O)OC(C)(C)C)c1ccccc1. The Morgan fingerprint density at radius 2 is 1.81 bits per heavy atom. The first-order valence-electron chi connectivity index (χ1n) is 7.13. The van der Waals surface area contributed by atoms with E-state index in [0.29, 0.717) is 13.0 Å². The van der Waals surface area contributed by atoms with Crippen LogP contribution in [-0.2, 0) is 9.53 Å². The van der Waals surface area contributed by atoms with E-state index in [1.807, 2.05) is 51.1 Å². The largest absolute Gasteiger partial charge is 0.444 e. The van der Waals surface area contributed by atoms with Crippen molar-refractivity contribution in [1.82, 2.24) is 10.6 Å². The van der Waals surface area contributed by atoms with E-state index in [1.165, 1.54) is 0 Å². The van der Waals surface area contributed by atoms with Gasteiger partial charge in [0.25, 0.3) is 0 Å². The van der Waals surface area contributed by atoms with Crippen molar-refractivity contribution >= 4 is 12.0 Å². The van der Waals surface area contributed by atoms with Gasteiger partial charge in [0.2, 0.25) is 5.91 Å². The average Bonchev–Trinajstić information content (AvgIpc) is 2.42. The number of carbonyl (C=O) groups excluding carboxylic acids is 2. The molecule has 0 unspecified atom stereocenters. The Bertz CT molecular complexity index is 466. The van der Waals surface area contributed by atoms with Crippen LogP contribution in [0.15, 0.2) is 30.3 Å². The summed E-state index contributed by atoms with van der Waals surface area (Å²) in [5, 5.41) is 5.58. The summed E-state index contributed by atoms with van der Waals surface area (Å²) in [6, 6.07) is 9.16. The highest BCUT2D eigenvalue weighted by molar-refractivity contribution is 5.75. The number of hydrogen-bond donors (Lipinski definition) is 2. The minimum Gasteiger partial charge on any atom is -0.444 e. The minimum atomic E-state index is -0.558. The predicted molar refractivity (Wildman–Crippen MR) is 81.9 cm³/mol. The van der Waals surface area contributed by atoms with Crippen LogP contribution < -0.4 is 10.6 Å². The van der Waals surface area contributed by atoms with Gasteiger partial charge < -0.3 is 15.4 Å². The van der Waals surface area contributed by atoms with Crippen molar-refractivity contribution < 1.29 is 14.3 Å². The Kier molecular flexibility index (Phi) is 6.21. The van der Waals surface area contributed by atoms with Gasteiger partial charge in [-0.2, -0.15) is 0 Å². The zero-order valence-electron chi connectivity index (χ0n) is 13.1. The molecule has 0 aliphatic heterocycles. The summed E-state index contributed by atoms with van der Waals surface area (Å²) in [4.78, 5) is 23.3. The molecule has 1 rings (SSSR count). The predicted octanol–water partition coefficient (Wildman–Crippen LogP) is 2.78. The molecule has 2 N–H and O–H groups in total. The van der Waals surface area contributed by atoms with Gasteiger partial charge in [0.15, 0.2) is 0 Å². The fourth-order valence-electron chi connectivity index (χ4n) is 1.73. The number of amides is 2. The number of rotatable bonds is 5. The number of alkyl carbamates (subject to hydrolysis) is 1. The summed E-state index contributed by atoms with van der Waals surface area (Å²) < 4.78 is 5.26. The van der Waals surface area contributed by atoms with Gasteiger partial charge in [0.05, 0.1) is 6.04 Å². The summed E-state index contributed by atoms with van der Waals surface area (Å²) >= 11 is 0. The molecular weight excluding hydrogens is 268 g/mol. The lowest BCUT2D eigenvalue weighted by atomic mass is 10.1. The lowest BCUT2D eigenvalue weighted by molar-refractivity contribution is -0.120. The molecule has 5 nitrogen and oxygen atoms in total. The molecule has 0 heterocycles. The zero-order chi connectivity index (χ0) is 15.9. The molecule has 1 aromatic rings. The first-order valence-corrected chi connectivity index (χ1v) is 7.13. The van der Waals surface area contributed by atoms with E-state index >= 15 is 0 Å². The molecule has 0 aliphatic carbocycles. The highest BCUT2D eigenvalue weighted by Gasteiger charge is 2.20. The van der Waals surface area contributed by atoms with Gasteiger partial charge in [-0.1, -0.05) is 37.3 Å². The molecule has 0 bridgehead atoms. The van der Waals surface area contributed by atoms with Gasteiger partial charge in [0.1, 0.15) is 5.60 Å². The van der Waals surface area contributed by atoms with Crippen LogP contribution in [-0.4, -0.2) is 24.1 Å². The second-order valence-corrected chi connectivity index (χ2v) is 5.77. The number of benzene rings is 1. The van der Waals surface area contributed by atoms with E-state index in [4.69, 9.17) is 4.74 Å². The van der Waals surface area contributed by atoms with Crippen LogP contribution in [0.25, 0.3) is 0 Å². The van der Waals surface area contributed by atoms with Gasteiger partial charge in [-0.05, 0) is 26.3 Å². The standard InChI is InChI=1S/C16H24N2O3/c1-5-14(19)17-11-13(12-9-7-6-8-10-12)18-15(20)21-16(2,3)4/h6-10,13H,5,11H2,1-4H3,(H,17,19)(H,18,20)/t13-/m0/s1. The quantitative estimate of drug-likeness (QED) is 0.877. The Morgan fingerprint density at radius 1 is 1.19 bits per heavy atom. The van der Waals surface area contributed by atoms with Gasteiger partial charge >= 0.3 is 6.09 Å². The normalized spacial score (nSPS) is 12.4. The van der Waals surface area contributed by atoms with Crippen LogP contribution in [0.4, 0.5) is 4.79 Å². The van der Waals surface area contributed by atoms with Crippen molar-refractivity contribution in [1.29, 1.82) is 0 Å². The highest BCUT2D eigenvalue weighted by atomic mass is 16.6. The molecule has 0 saturated heterocycles. The highest BCUT2D eigenvalue weighted by Crippen LogP contribution is 2.14. The molecule has 5 heteroatoms. The summed E-state index contributed by atoms with van der Waals surface area (Å²) in [6.07, 6.45) is -0.0874. The van der Waals surface area contributed by atoms with Gasteiger partial charge in [-0.15, -0.1) is 0 Å². The molecule has 1 atom stereocenters. The number of hydrogen-bond acceptors (Lipinski definition) is 3. The monoisotopic (exact) mass is 292 g/mol. The second kappa shape index (κ2) is 7.67. The Morgan fingerprint density at radius 3 is 2.33 bits per heavy atom. The molecule has 21 heavy (non-hydrogen) atoms. The molecule has 0 aromatic heterocycles. The average molecular weight is 292 g/mol. The van der Waals surface area contributed by atoms with Crippen molar-refractivity contribution in [2.75, 3.05) is 6.54 Å². The van der Waals surface area contributed by atoms with E-state index in [1.54, 1.807) is 6.92 Å². The van der Waals surface area contributed by atoms with E-state index < -0.39 is 11.7 Å². The summed E-state index contributed by atoms with van der Waals surface area (Å²) in [6.45, 7) is 7.54. The third-order valence-corrected chi connectivity index (χ3v) is 2.72. The molecule has 0 radical (unpaired) electrons. The van der Waals surface area contributed by atoms with E-state index in [0.717, 1.165) is 5.56 Å². The zero-order valence-corrected chi connectivity index (χ0v) is 13.1. The second-order valence-electron chi connectivity index (χ2n) is 5.77. The third kappa shape index (κ3) is 6.79. The Labute approximate surface area is 126 Å². The van der Waals surface area contributed by atoms with Gasteiger partial charge in [-0.25, -0.2) is 4.79 Å². The number of carbonyl (C=O) groups is 2. The molecule has 2 amide bonds. The summed E-state index contributed by atoms with van der Waals surface area (Å²) in [5.41, 5.74) is 0.359. The first-order chi connectivity index (χ1) is 9.81. The number of ether oxygens (including phenoxy) is 1. The van der Waals surface area contributed by atoms with Crippen molar-refractivity contribution in [3.05, 3.63) is 35.9 Å². The first kappa shape index (κ1) is 17.0. The van der Waals surface area contributed by atoms with Crippen molar-refractivity contribution in [2.24, 2.45) is 0 Å². The molecule has 0 aliphatic rings. The van der Waals surface area contributed by atoms with Crippen LogP contribution in [0.1, 0.15) is 45.7 Å². The van der Waals surface area contributed by atoms with Crippen molar-refractivity contribution in [2.45, 2.75) is 45.8 Å². The maximum absolute atomic E-state index is 11.9. The maximum Gasteiger partial charge on any atom is 0.408 e. The smallest absolute Gasteiger partial charge is 0.408 e. The fraction of sp³-hybridized carbons (Fsp3) is 0.500. The number of nitrogens with one attached hydrogen (secondary N) is 2. The molecular formula is C16H24N2O3. The van der Waals surface area contributed by atoms with E-state index in [-0.39, 0.29) is 11.9 Å². The Hall–Kier alpha value is -2.04. The molecule has 0 saturated carbocycles. The lowest BCUT2D eigenvalue weighted by Gasteiger charge is -2.24. The molecule has 0 spiro atoms. The molecule has 0 fully saturated rings. The lowest BCUT2D eigenvalue weighted by Crippen LogP contribution is -2.40. The van der Waals surface area contributed by atoms with Gasteiger partial charge in [0, 0.05) is 13.0 Å². The van der Waals surface area contributed by atoms with Crippen LogP contribution >= 0.6 is 0 Å². The van der Waals surface area contributed by atoms with Crippen molar-refractivity contribution in [3.8, 4) is 0 Å². The van der Waals surface area contributed by atoms with Crippen LogP contribution in [0.2, 0.25) is 0 Å². The molecule has 1 aromatic carbocycles.